The molecule has 0 aliphatic heterocycles. The van der Waals surface area contributed by atoms with Crippen LogP contribution in [-0.4, -0.2) is 32.4 Å². The Bertz CT molecular complexity index is 709. The zero-order chi connectivity index (χ0) is 17.4. The van der Waals surface area contributed by atoms with Gasteiger partial charge in [-0.15, -0.1) is 0 Å². The smallest absolute Gasteiger partial charge is 0.412 e. The molecule has 0 heterocycles. The molecule has 0 saturated heterocycles. The van der Waals surface area contributed by atoms with Crippen LogP contribution in [0.3, 0.4) is 0 Å². The van der Waals surface area contributed by atoms with Gasteiger partial charge in [0.1, 0.15) is 11.4 Å². The molecule has 0 aromatic heterocycles. The molecule has 1 saturated carbocycles. The summed E-state index contributed by atoms with van der Waals surface area (Å²) < 4.78 is 44.0. The number of hydrogen-bond acceptors (Lipinski definition) is 4. The fraction of sp³-hybridized carbons (Fsp3) is 0.533. The van der Waals surface area contributed by atoms with Crippen molar-refractivity contribution in [2.45, 2.75) is 45.3 Å². The molecule has 0 bridgehead atoms. The van der Waals surface area contributed by atoms with E-state index < -0.39 is 27.5 Å². The van der Waals surface area contributed by atoms with Crippen LogP contribution in [0.1, 0.15) is 33.6 Å². The zero-order valence-electron chi connectivity index (χ0n) is 13.6. The second-order valence-corrected chi connectivity index (χ2v) is 8.44. The van der Waals surface area contributed by atoms with Crippen molar-refractivity contribution in [2.24, 2.45) is 0 Å². The van der Waals surface area contributed by atoms with Gasteiger partial charge in [-0.2, -0.15) is 0 Å². The van der Waals surface area contributed by atoms with E-state index in [1.165, 1.54) is 10.4 Å². The summed E-state index contributed by atoms with van der Waals surface area (Å²) in [5, 5.41) is 2.44. The van der Waals surface area contributed by atoms with Crippen LogP contribution in [0.4, 0.5) is 20.6 Å². The van der Waals surface area contributed by atoms with Crippen LogP contribution < -0.4 is 9.62 Å². The Morgan fingerprint density at radius 1 is 1.35 bits per heavy atom. The van der Waals surface area contributed by atoms with E-state index in [1.807, 2.05) is 0 Å². The standard InChI is InChI=1S/C15H21FN2O4S/c1-15(2,3)22-14(19)17-12-9-10(16)5-8-13(12)18(11-6-7-11)23(4,20)21/h5,8-9,11H,6-7H2,1-4H3,(H,17,19). The van der Waals surface area contributed by atoms with Gasteiger partial charge in [0.2, 0.25) is 10.0 Å². The Balaban J connectivity index is 2.36. The first-order valence-electron chi connectivity index (χ1n) is 7.26. The average Bonchev–Trinajstić information content (AvgIpc) is 3.12. The highest BCUT2D eigenvalue weighted by atomic mass is 32.2. The first kappa shape index (κ1) is 17.5. The SMILES string of the molecule is CC(C)(C)OC(=O)Nc1cc(F)ccc1N(C1CC1)S(C)(=O)=O. The van der Waals surface area contributed by atoms with Crippen molar-refractivity contribution >= 4 is 27.5 Å². The van der Waals surface area contributed by atoms with E-state index in [1.54, 1.807) is 20.8 Å². The Labute approximate surface area is 135 Å². The summed E-state index contributed by atoms with van der Waals surface area (Å²) >= 11 is 0. The van der Waals surface area contributed by atoms with E-state index in [9.17, 15) is 17.6 Å². The molecule has 1 aliphatic rings. The van der Waals surface area contributed by atoms with Crippen molar-refractivity contribution < 1.29 is 22.3 Å². The van der Waals surface area contributed by atoms with Crippen molar-refractivity contribution in [1.82, 2.24) is 0 Å². The predicted molar refractivity (Wildman–Crippen MR) is 86.6 cm³/mol. The highest BCUT2D eigenvalue weighted by molar-refractivity contribution is 7.92. The molecule has 2 rings (SSSR count). The number of amides is 1. The van der Waals surface area contributed by atoms with Gasteiger partial charge in [-0.25, -0.2) is 17.6 Å². The Morgan fingerprint density at radius 2 is 1.96 bits per heavy atom. The average molecular weight is 344 g/mol. The number of rotatable bonds is 4. The van der Waals surface area contributed by atoms with E-state index in [4.69, 9.17) is 4.74 Å². The normalized spacial score (nSPS) is 15.2. The summed E-state index contributed by atoms with van der Waals surface area (Å²) in [5.74, 6) is -0.580. The van der Waals surface area contributed by atoms with Crippen LogP contribution in [0, 0.1) is 5.82 Å². The fourth-order valence-electron chi connectivity index (χ4n) is 2.17. The number of sulfonamides is 1. The quantitative estimate of drug-likeness (QED) is 0.910. The maximum atomic E-state index is 13.6. The van der Waals surface area contributed by atoms with Gasteiger partial charge >= 0.3 is 6.09 Å². The molecular weight excluding hydrogens is 323 g/mol. The molecule has 0 atom stereocenters. The van der Waals surface area contributed by atoms with Crippen molar-refractivity contribution in [3.05, 3.63) is 24.0 Å². The molecule has 1 N–H and O–H groups in total. The summed E-state index contributed by atoms with van der Waals surface area (Å²) in [5.41, 5.74) is -0.413. The van der Waals surface area contributed by atoms with Crippen molar-refractivity contribution in [2.75, 3.05) is 15.9 Å². The summed E-state index contributed by atoms with van der Waals surface area (Å²) in [4.78, 5) is 11.9. The number of anilines is 2. The predicted octanol–water partition coefficient (Wildman–Crippen LogP) is 3.10. The largest absolute Gasteiger partial charge is 0.444 e. The third-order valence-corrected chi connectivity index (χ3v) is 4.28. The van der Waals surface area contributed by atoms with Crippen molar-refractivity contribution in [3.63, 3.8) is 0 Å². The minimum absolute atomic E-state index is 0.0663. The zero-order valence-corrected chi connectivity index (χ0v) is 14.4. The van der Waals surface area contributed by atoms with Crippen molar-refractivity contribution in [3.8, 4) is 0 Å². The number of nitrogens with zero attached hydrogens (tertiary/aromatic N) is 1. The third-order valence-electron chi connectivity index (χ3n) is 3.07. The topological polar surface area (TPSA) is 75.7 Å². The van der Waals surface area contributed by atoms with Gasteiger partial charge in [-0.05, 0) is 51.8 Å². The van der Waals surface area contributed by atoms with Gasteiger partial charge in [-0.3, -0.25) is 9.62 Å². The summed E-state index contributed by atoms with van der Waals surface area (Å²) in [7, 11) is -3.54. The maximum absolute atomic E-state index is 13.6. The minimum atomic E-state index is -3.54. The van der Waals surface area contributed by atoms with Crippen LogP contribution in [0.15, 0.2) is 18.2 Å². The number of hydrogen-bond donors (Lipinski definition) is 1. The highest BCUT2D eigenvalue weighted by Gasteiger charge is 2.36. The van der Waals surface area contributed by atoms with E-state index in [2.05, 4.69) is 5.32 Å². The van der Waals surface area contributed by atoms with Gasteiger partial charge in [-0.1, -0.05) is 0 Å². The number of carbonyl (C=O) groups is 1. The van der Waals surface area contributed by atoms with Gasteiger partial charge < -0.3 is 4.74 Å². The maximum Gasteiger partial charge on any atom is 0.412 e. The van der Waals surface area contributed by atoms with Gasteiger partial charge in [0, 0.05) is 6.04 Å². The van der Waals surface area contributed by atoms with Crippen molar-refractivity contribution in [1.29, 1.82) is 0 Å². The molecule has 1 amide bonds. The lowest BCUT2D eigenvalue weighted by Gasteiger charge is -2.26. The van der Waals surface area contributed by atoms with Crippen LogP contribution in [0.5, 0.6) is 0 Å². The Morgan fingerprint density at radius 3 is 2.43 bits per heavy atom. The molecule has 1 aliphatic carbocycles. The minimum Gasteiger partial charge on any atom is -0.444 e. The lowest BCUT2D eigenvalue weighted by atomic mass is 10.2. The molecule has 128 valence electrons. The molecule has 8 heteroatoms. The summed E-state index contributed by atoms with van der Waals surface area (Å²) in [6.45, 7) is 5.10. The van der Waals surface area contributed by atoms with Crippen LogP contribution >= 0.6 is 0 Å². The second kappa shape index (κ2) is 5.99. The van der Waals surface area contributed by atoms with Crippen LogP contribution in [0.2, 0.25) is 0 Å². The van der Waals surface area contributed by atoms with Gasteiger partial charge in [0.15, 0.2) is 0 Å². The summed E-state index contributed by atoms with van der Waals surface area (Å²) in [6.07, 6.45) is 1.78. The third kappa shape index (κ3) is 4.82. The van der Waals surface area contributed by atoms with E-state index in [0.29, 0.717) is 0 Å². The lowest BCUT2D eigenvalue weighted by Crippen LogP contribution is -2.33. The lowest BCUT2D eigenvalue weighted by molar-refractivity contribution is 0.0636. The van der Waals surface area contributed by atoms with E-state index in [-0.39, 0.29) is 17.4 Å². The number of nitrogens with one attached hydrogen (secondary N) is 1. The molecule has 0 radical (unpaired) electrons. The Kier molecular flexibility index (Phi) is 4.57. The highest BCUT2D eigenvalue weighted by Crippen LogP contribution is 2.38. The molecule has 1 fully saturated rings. The molecule has 1 aromatic carbocycles. The molecule has 0 unspecified atom stereocenters. The summed E-state index contributed by atoms with van der Waals surface area (Å²) in [6, 6.07) is 3.44. The van der Waals surface area contributed by atoms with Crippen LogP contribution in [0.25, 0.3) is 0 Å². The number of benzene rings is 1. The molecule has 23 heavy (non-hydrogen) atoms. The van der Waals surface area contributed by atoms with E-state index >= 15 is 0 Å². The molecule has 6 nitrogen and oxygen atoms in total. The fourth-order valence-corrected chi connectivity index (χ4v) is 3.44. The number of halogens is 1. The second-order valence-electron chi connectivity index (χ2n) is 6.58. The molecular formula is C15H21FN2O4S. The Hall–Kier alpha value is -1.83. The van der Waals surface area contributed by atoms with Gasteiger partial charge in [0.25, 0.3) is 0 Å². The first-order valence-corrected chi connectivity index (χ1v) is 9.11. The van der Waals surface area contributed by atoms with Crippen LogP contribution in [-0.2, 0) is 14.8 Å². The number of carbonyl (C=O) groups excluding carboxylic acids is 1. The monoisotopic (exact) mass is 344 g/mol. The molecule has 0 spiro atoms. The van der Waals surface area contributed by atoms with Gasteiger partial charge in [0.05, 0.1) is 17.6 Å². The number of ether oxygens (including phenoxy) is 1. The molecule has 1 aromatic rings. The first-order chi connectivity index (χ1) is 10.5. The van der Waals surface area contributed by atoms with E-state index in [0.717, 1.165) is 31.2 Å².